The largest absolute Gasteiger partial charge is 0.305 e. The maximum atomic E-state index is 4.82. The lowest BCUT2D eigenvalue weighted by atomic mass is 10.2. The van der Waals surface area contributed by atoms with E-state index >= 15 is 0 Å². The highest BCUT2D eigenvalue weighted by atomic mass is 15.4. The van der Waals surface area contributed by atoms with Crippen molar-refractivity contribution in [3.63, 3.8) is 0 Å². The number of rotatable bonds is 3. The first kappa shape index (κ1) is 8.80. The molecule has 0 aromatic rings. The van der Waals surface area contributed by atoms with Gasteiger partial charge in [0.2, 0.25) is 0 Å². The van der Waals surface area contributed by atoms with Crippen LogP contribution in [0.4, 0.5) is 0 Å². The molecular weight excluding hydrogens is 132 g/mol. The number of nitrogens with two attached hydrogens (primary N) is 2. The Morgan fingerprint density at radius 2 is 1.20 bits per heavy atom. The van der Waals surface area contributed by atoms with E-state index in [2.05, 4.69) is 20.7 Å². The molecule has 4 N–H and O–H groups in total. The third kappa shape index (κ3) is 2.95. The van der Waals surface area contributed by atoms with Crippen LogP contribution in [0.15, 0.2) is 20.7 Å². The lowest BCUT2D eigenvalue weighted by molar-refractivity contribution is 0.550. The maximum absolute atomic E-state index is 4.82. The van der Waals surface area contributed by atoms with Gasteiger partial charge in [0.25, 0.3) is 0 Å². The van der Waals surface area contributed by atoms with Crippen LogP contribution in [-0.2, 0) is 0 Å². The summed E-state index contributed by atoms with van der Waals surface area (Å²) in [6.07, 6.45) is 0. The fourth-order valence-corrected chi connectivity index (χ4v) is 0.403. The van der Waals surface area contributed by atoms with E-state index in [-0.39, 0.29) is 12.1 Å². The molecule has 0 aliphatic heterocycles. The number of hydrogen-bond acceptors (Lipinski definition) is 4. The Balaban J connectivity index is 3.81. The third-order valence-corrected chi connectivity index (χ3v) is 1.20. The van der Waals surface area contributed by atoms with Crippen LogP contribution in [-0.4, -0.2) is 12.1 Å². The van der Waals surface area contributed by atoms with Crippen LogP contribution in [0.5, 0.6) is 0 Å². The van der Waals surface area contributed by atoms with E-state index in [9.17, 15) is 0 Å². The molecule has 58 valence electrons. The van der Waals surface area contributed by atoms with Gasteiger partial charge in [-0.05, 0) is 13.8 Å². The van der Waals surface area contributed by atoms with Crippen molar-refractivity contribution >= 4 is 0 Å². The van der Waals surface area contributed by atoms with Crippen molar-refractivity contribution in [3.8, 4) is 0 Å². The average molecular weight is 144 g/mol. The number of nitrogens with zero attached hydrogens (tertiary/aromatic N) is 4. The predicted octanol–water partition coefficient (Wildman–Crippen LogP) is 0.415. The molecule has 0 bridgehead atoms. The summed E-state index contributed by atoms with van der Waals surface area (Å²) in [5.41, 5.74) is 0. The highest BCUT2D eigenvalue weighted by Crippen LogP contribution is 2.01. The molecule has 0 aliphatic rings. The van der Waals surface area contributed by atoms with E-state index in [1.54, 1.807) is 0 Å². The van der Waals surface area contributed by atoms with Gasteiger partial charge in [-0.25, -0.2) is 0 Å². The van der Waals surface area contributed by atoms with Crippen LogP contribution in [0, 0.1) is 0 Å². The Labute approximate surface area is 59.3 Å². The molecule has 0 aromatic heterocycles. The molecule has 0 amide bonds. The third-order valence-electron chi connectivity index (χ3n) is 1.20. The second-order valence-corrected chi connectivity index (χ2v) is 1.94. The van der Waals surface area contributed by atoms with Crippen LogP contribution < -0.4 is 11.7 Å². The zero-order valence-corrected chi connectivity index (χ0v) is 6.10. The molecule has 6 heteroatoms. The Morgan fingerprint density at radius 3 is 1.40 bits per heavy atom. The minimum absolute atomic E-state index is 0.0719. The molecule has 2 atom stereocenters. The summed E-state index contributed by atoms with van der Waals surface area (Å²) in [6.45, 7) is 3.66. The molecule has 0 aliphatic carbocycles. The molecule has 0 rings (SSSR count). The van der Waals surface area contributed by atoms with Gasteiger partial charge in [-0.3, -0.25) is 0 Å². The summed E-state index contributed by atoms with van der Waals surface area (Å²) < 4.78 is 0. The summed E-state index contributed by atoms with van der Waals surface area (Å²) in [7, 11) is 0. The van der Waals surface area contributed by atoms with Crippen molar-refractivity contribution in [2.75, 3.05) is 0 Å². The molecule has 0 radical (unpaired) electrons. The molecule has 10 heavy (non-hydrogen) atoms. The monoisotopic (exact) mass is 144 g/mol. The Hall–Kier alpha value is -1.20. The second-order valence-electron chi connectivity index (χ2n) is 1.94. The standard InChI is InChI=1S/C4H12N6/c1-3(7-9-5)4(2)8-10-6/h3-4H,1-2H3,(H2,5,7)(H2,6,8). The summed E-state index contributed by atoms with van der Waals surface area (Å²) in [6, 6.07) is -0.144. The van der Waals surface area contributed by atoms with Gasteiger partial charge in [-0.15, -0.1) is 0 Å². The molecular formula is C4H12N6. The van der Waals surface area contributed by atoms with Gasteiger partial charge >= 0.3 is 0 Å². The quantitative estimate of drug-likeness (QED) is 0.340. The van der Waals surface area contributed by atoms with Crippen molar-refractivity contribution < 1.29 is 0 Å². The van der Waals surface area contributed by atoms with Crippen molar-refractivity contribution in [2.24, 2.45) is 32.4 Å². The van der Waals surface area contributed by atoms with Gasteiger partial charge in [-0.2, -0.15) is 10.2 Å². The van der Waals surface area contributed by atoms with Gasteiger partial charge in [0.15, 0.2) is 0 Å². The first-order valence-corrected chi connectivity index (χ1v) is 2.92. The molecule has 0 saturated heterocycles. The van der Waals surface area contributed by atoms with Crippen LogP contribution in [0.1, 0.15) is 13.8 Å². The zero-order chi connectivity index (χ0) is 7.98. The Bertz CT molecular complexity index is 114. The highest BCUT2D eigenvalue weighted by Gasteiger charge is 2.08. The Morgan fingerprint density at radius 1 is 0.900 bits per heavy atom. The van der Waals surface area contributed by atoms with Gasteiger partial charge in [-0.1, -0.05) is 10.4 Å². The van der Waals surface area contributed by atoms with Crippen LogP contribution in [0.3, 0.4) is 0 Å². The minimum atomic E-state index is -0.0719. The van der Waals surface area contributed by atoms with Crippen molar-refractivity contribution in [3.05, 3.63) is 0 Å². The van der Waals surface area contributed by atoms with Gasteiger partial charge < -0.3 is 11.7 Å². The number of hydrogen-bond donors (Lipinski definition) is 2. The maximum Gasteiger partial charge on any atom is 0.0940 e. The second kappa shape index (κ2) is 4.66. The molecule has 2 unspecified atom stereocenters. The van der Waals surface area contributed by atoms with Gasteiger partial charge in [0.1, 0.15) is 0 Å². The summed E-state index contributed by atoms with van der Waals surface area (Å²) in [4.78, 5) is 0. The normalized spacial score (nSPS) is 18.2. The average Bonchev–Trinajstić information content (AvgIpc) is 1.89. The van der Waals surface area contributed by atoms with Crippen LogP contribution in [0.25, 0.3) is 0 Å². The van der Waals surface area contributed by atoms with Crippen molar-refractivity contribution in [1.29, 1.82) is 0 Å². The summed E-state index contributed by atoms with van der Waals surface area (Å²) >= 11 is 0. The summed E-state index contributed by atoms with van der Waals surface area (Å²) in [5, 5.41) is 13.5. The van der Waals surface area contributed by atoms with Crippen LogP contribution >= 0.6 is 0 Å². The van der Waals surface area contributed by atoms with E-state index in [1.165, 1.54) is 0 Å². The molecule has 0 saturated carbocycles. The first-order chi connectivity index (χ1) is 4.72. The minimum Gasteiger partial charge on any atom is -0.305 e. The van der Waals surface area contributed by atoms with Gasteiger partial charge in [0.05, 0.1) is 12.1 Å². The Kier molecular flexibility index (Phi) is 4.10. The topological polar surface area (TPSA) is 101 Å². The lowest BCUT2D eigenvalue weighted by Crippen LogP contribution is -2.14. The van der Waals surface area contributed by atoms with E-state index in [0.29, 0.717) is 0 Å². The molecule has 0 fully saturated rings. The van der Waals surface area contributed by atoms with E-state index < -0.39 is 0 Å². The molecule has 0 spiro atoms. The molecule has 0 heterocycles. The van der Waals surface area contributed by atoms with E-state index in [0.717, 1.165) is 0 Å². The van der Waals surface area contributed by atoms with E-state index in [4.69, 9.17) is 11.7 Å². The fraction of sp³-hybridized carbons (Fsp3) is 1.00. The van der Waals surface area contributed by atoms with Crippen molar-refractivity contribution in [2.45, 2.75) is 25.9 Å². The van der Waals surface area contributed by atoms with Crippen molar-refractivity contribution in [1.82, 2.24) is 0 Å². The zero-order valence-electron chi connectivity index (χ0n) is 6.10. The SMILES string of the molecule is CC(N=NN)C(C)N=NN. The summed E-state index contributed by atoms with van der Waals surface area (Å²) in [5.74, 6) is 9.64. The van der Waals surface area contributed by atoms with Gasteiger partial charge in [0, 0.05) is 0 Å². The predicted molar refractivity (Wildman–Crippen MR) is 37.0 cm³/mol. The molecule has 6 nitrogen and oxygen atoms in total. The van der Waals surface area contributed by atoms with Crippen LogP contribution in [0.2, 0.25) is 0 Å². The fourth-order valence-electron chi connectivity index (χ4n) is 0.403. The van der Waals surface area contributed by atoms with E-state index in [1.807, 2.05) is 13.8 Å². The smallest absolute Gasteiger partial charge is 0.0940 e. The highest BCUT2D eigenvalue weighted by molar-refractivity contribution is 4.69. The lowest BCUT2D eigenvalue weighted by Gasteiger charge is -2.05. The first-order valence-electron chi connectivity index (χ1n) is 2.92. The molecule has 0 aromatic carbocycles.